The van der Waals surface area contributed by atoms with Gasteiger partial charge in [0.05, 0.1) is 37.1 Å². The van der Waals surface area contributed by atoms with Crippen LogP contribution in [0.5, 0.6) is 11.5 Å². The minimum absolute atomic E-state index is 0.0685. The number of carbonyl (C=O) groups excluding carboxylic acids is 6. The standard InChI is InChI=1S/C59H74FN7O16/c1-6-8-9-24-83-41-21-16-34(17-22-41)33-10-12-35(13-11-33)42-23-18-37(25-43(42)60)53(76)62-38(7-2)26-45(72)55(78)65-57(80)49-50(73)30(3)28-67(49)59(82)47(32(5)69)63-56(79)48(52(75)51(74)36-14-19-39(70)20-15-36)64-54(77)44-27-40(71)29-66(44)58(81)46(61)31(4)68/h2,10-23,25,30-32,38,40,44-52,55,68-75,78H,6,8-9,24,26-29,61H2,1,3-5H3,(H,62,76)(H,63,79)(H,64,77)(H,65,80)/t30-,31+,32+,38+,40+,44-,45+,46?,47?,48?,49?,50-,51-,52-,55+/m0/s1. The monoisotopic (exact) mass is 1160 g/mol. The summed E-state index contributed by atoms with van der Waals surface area (Å²) < 4.78 is 21.4. The Bertz CT molecular complexity index is 2930. The summed E-state index contributed by atoms with van der Waals surface area (Å²) in [5.41, 5.74) is 8.21. The van der Waals surface area contributed by atoms with Crippen LogP contribution >= 0.6 is 0 Å². The Morgan fingerprint density at radius 3 is 1.98 bits per heavy atom. The molecule has 0 spiro atoms. The molecule has 0 aromatic heterocycles. The third kappa shape index (κ3) is 16.2. The maximum Gasteiger partial charge on any atom is 0.252 e. The van der Waals surface area contributed by atoms with Gasteiger partial charge in [-0.1, -0.05) is 87.2 Å². The maximum atomic E-state index is 15.6. The molecule has 4 aromatic rings. The van der Waals surface area contributed by atoms with Crippen molar-refractivity contribution in [2.75, 3.05) is 19.7 Å². The zero-order chi connectivity index (χ0) is 61.0. The molecule has 2 fully saturated rings. The Morgan fingerprint density at radius 2 is 1.39 bits per heavy atom. The number of unbranched alkanes of at least 4 members (excludes halogenated alkanes) is 2. The van der Waals surface area contributed by atoms with Gasteiger partial charge in [-0.15, -0.1) is 6.42 Å². The number of aromatic hydroxyl groups is 1. The van der Waals surface area contributed by atoms with E-state index in [0.29, 0.717) is 12.2 Å². The highest BCUT2D eigenvalue weighted by Gasteiger charge is 2.49. The van der Waals surface area contributed by atoms with E-state index in [2.05, 4.69) is 34.1 Å². The predicted octanol–water partition coefficient (Wildman–Crippen LogP) is -0.326. The Morgan fingerprint density at radius 1 is 0.759 bits per heavy atom. The van der Waals surface area contributed by atoms with Crippen molar-refractivity contribution < 1.29 is 83.9 Å². The first-order chi connectivity index (χ1) is 39.3. The number of hydrogen-bond donors (Lipinski definition) is 14. The number of terminal acetylenes is 1. The number of nitrogens with one attached hydrogen (secondary N) is 4. The molecule has 23 nitrogen and oxygen atoms in total. The number of ether oxygens (including phenoxy) is 1. The van der Waals surface area contributed by atoms with Gasteiger partial charge in [0.1, 0.15) is 65.8 Å². The van der Waals surface area contributed by atoms with Gasteiger partial charge in [0.2, 0.25) is 29.5 Å². The van der Waals surface area contributed by atoms with E-state index in [-0.39, 0.29) is 29.0 Å². The average Bonchev–Trinajstić information content (AvgIpc) is 3.75. The summed E-state index contributed by atoms with van der Waals surface area (Å²) in [7, 11) is 0. The molecule has 0 aliphatic carbocycles. The summed E-state index contributed by atoms with van der Waals surface area (Å²) in [5.74, 6) is -5.56. The van der Waals surface area contributed by atoms with E-state index in [4.69, 9.17) is 16.9 Å². The maximum absolute atomic E-state index is 15.6. The number of nitrogens with two attached hydrogens (primary N) is 1. The summed E-state index contributed by atoms with van der Waals surface area (Å²) in [5, 5.41) is 106. The van der Waals surface area contributed by atoms with Crippen LogP contribution in [0.3, 0.4) is 0 Å². The SMILES string of the molecule is C#C[C@H](C[C@@H](O)[C@@H](O)NC(=O)C1[C@@H](O)[C@@H](C)CN1C(=O)C(NC(=O)C(NC(=O)[C@@H]1C[C@@H](O)CN1C(=O)C(N)[C@@H](C)O)[C@H](O)[C@@H](O)c1ccc(O)cc1)[C@@H](C)O)NC(=O)c1ccc(-c2ccc(-c3ccc(OCCCCC)cc3)cc2)c(F)c1. The smallest absolute Gasteiger partial charge is 0.252 e. The number of nitrogens with zero attached hydrogens (tertiary/aromatic N) is 2. The summed E-state index contributed by atoms with van der Waals surface area (Å²) in [6, 6.07) is 12.8. The number of amides is 6. The number of halogens is 1. The second-order valence-electron chi connectivity index (χ2n) is 21.1. The molecule has 2 aliphatic heterocycles. The van der Waals surface area contributed by atoms with E-state index in [0.717, 1.165) is 71.1 Å². The number of aliphatic hydroxyl groups excluding tert-OH is 8. The minimum atomic E-state index is -2.27. The van der Waals surface area contributed by atoms with Crippen LogP contribution in [-0.2, 0) is 24.0 Å². The van der Waals surface area contributed by atoms with E-state index in [1.807, 2.05) is 36.4 Å². The Kier molecular flexibility index (Phi) is 22.6. The number of β-amino-alcohol motifs (C(OH)–C–C–N with tert-alkyl or cyclic N) is 1. The van der Waals surface area contributed by atoms with Gasteiger partial charge in [0.25, 0.3) is 5.91 Å². The van der Waals surface area contributed by atoms with E-state index in [9.17, 15) is 74.7 Å². The molecule has 24 heteroatoms. The minimum Gasteiger partial charge on any atom is -0.508 e. The lowest BCUT2D eigenvalue weighted by atomic mass is 9.96. The van der Waals surface area contributed by atoms with Crippen molar-refractivity contribution in [2.45, 2.75) is 145 Å². The highest BCUT2D eigenvalue weighted by Crippen LogP contribution is 2.30. The van der Waals surface area contributed by atoms with Crippen molar-refractivity contribution in [1.82, 2.24) is 31.1 Å². The molecule has 4 unspecified atom stereocenters. The van der Waals surface area contributed by atoms with Crippen molar-refractivity contribution in [3.63, 3.8) is 0 Å². The third-order valence-corrected chi connectivity index (χ3v) is 14.7. The van der Waals surface area contributed by atoms with Gasteiger partial charge in [-0.05, 0) is 78.9 Å². The molecule has 0 bridgehead atoms. The number of phenols is 1. The Labute approximate surface area is 479 Å². The van der Waals surface area contributed by atoms with E-state index < -0.39 is 152 Å². The lowest BCUT2D eigenvalue weighted by Crippen LogP contribution is -2.64. The van der Waals surface area contributed by atoms with E-state index >= 15 is 4.39 Å². The number of hydrogen-bond acceptors (Lipinski definition) is 17. The fraction of sp³-hybridized carbons (Fsp3) is 0.458. The first-order valence-corrected chi connectivity index (χ1v) is 27.3. The first kappa shape index (κ1) is 64.6. The largest absolute Gasteiger partial charge is 0.508 e. The Hall–Kier alpha value is -7.57. The number of rotatable bonds is 25. The topological polar surface area (TPSA) is 374 Å². The van der Waals surface area contributed by atoms with Crippen LogP contribution < -0.4 is 31.7 Å². The molecule has 15 atom stereocenters. The van der Waals surface area contributed by atoms with Crippen LogP contribution in [0.15, 0.2) is 91.0 Å². The molecule has 2 aliphatic rings. The molecular formula is C59H74FN7O16. The van der Waals surface area contributed by atoms with Crippen LogP contribution in [0.1, 0.15) is 81.8 Å². The third-order valence-electron chi connectivity index (χ3n) is 14.7. The second kappa shape index (κ2) is 29.1. The molecule has 0 saturated carbocycles. The van der Waals surface area contributed by atoms with Crippen molar-refractivity contribution in [3.05, 3.63) is 108 Å². The normalized spacial score (nSPS) is 21.4. The van der Waals surface area contributed by atoms with Gasteiger partial charge in [0.15, 0.2) is 6.23 Å². The highest BCUT2D eigenvalue weighted by atomic mass is 19.1. The van der Waals surface area contributed by atoms with Gasteiger partial charge in [-0.3, -0.25) is 28.8 Å². The lowest BCUT2D eigenvalue weighted by molar-refractivity contribution is -0.148. The first-order valence-electron chi connectivity index (χ1n) is 27.3. The fourth-order valence-electron chi connectivity index (χ4n) is 9.80. The summed E-state index contributed by atoms with van der Waals surface area (Å²) in [4.78, 5) is 84.6. The second-order valence-corrected chi connectivity index (χ2v) is 21.1. The van der Waals surface area contributed by atoms with Gasteiger partial charge in [-0.2, -0.15) is 0 Å². The van der Waals surface area contributed by atoms with Gasteiger partial charge < -0.3 is 87.5 Å². The van der Waals surface area contributed by atoms with Crippen molar-refractivity contribution in [1.29, 1.82) is 0 Å². The number of phenolic OH excluding ortho intramolecular Hbond substituents is 1. The summed E-state index contributed by atoms with van der Waals surface area (Å²) >= 11 is 0. The molecule has 2 saturated heterocycles. The number of carbonyl (C=O) groups is 6. The average molecular weight is 1160 g/mol. The van der Waals surface area contributed by atoms with Gasteiger partial charge in [0, 0.05) is 43.0 Å². The van der Waals surface area contributed by atoms with Crippen molar-refractivity contribution in [3.8, 4) is 46.1 Å². The molecule has 6 amide bonds. The number of benzene rings is 4. The van der Waals surface area contributed by atoms with E-state index in [1.165, 1.54) is 38.1 Å². The number of likely N-dealkylation sites (tertiary alicyclic amines) is 2. The molecule has 15 N–H and O–H groups in total. The molecule has 4 aromatic carbocycles. The molecule has 6 rings (SSSR count). The fourth-order valence-corrected chi connectivity index (χ4v) is 9.80. The van der Waals surface area contributed by atoms with Gasteiger partial charge >= 0.3 is 0 Å². The Balaban J connectivity index is 1.10. The molecule has 83 heavy (non-hydrogen) atoms. The van der Waals surface area contributed by atoms with Crippen LogP contribution in [0.4, 0.5) is 4.39 Å². The molecule has 448 valence electrons. The molecular weight excluding hydrogens is 1080 g/mol. The van der Waals surface area contributed by atoms with Crippen LogP contribution in [-0.4, -0.2) is 190 Å². The predicted molar refractivity (Wildman–Crippen MR) is 298 cm³/mol. The lowest BCUT2D eigenvalue weighted by Gasteiger charge is -2.34. The molecule has 2 heterocycles. The zero-order valence-electron chi connectivity index (χ0n) is 46.3. The zero-order valence-corrected chi connectivity index (χ0v) is 46.3. The number of aliphatic hydroxyl groups is 8. The van der Waals surface area contributed by atoms with Crippen molar-refractivity contribution in [2.24, 2.45) is 11.7 Å². The van der Waals surface area contributed by atoms with Crippen LogP contribution in [0.2, 0.25) is 0 Å². The summed E-state index contributed by atoms with van der Waals surface area (Å²) in [6.07, 6.45) is -6.58. The van der Waals surface area contributed by atoms with Gasteiger partial charge in [-0.25, -0.2) is 4.39 Å². The highest BCUT2D eigenvalue weighted by molar-refractivity contribution is 5.97. The summed E-state index contributed by atoms with van der Waals surface area (Å²) in [6.45, 7) is 5.71. The molecule has 0 radical (unpaired) electrons. The van der Waals surface area contributed by atoms with E-state index in [1.54, 1.807) is 12.1 Å². The van der Waals surface area contributed by atoms with Crippen LogP contribution in [0.25, 0.3) is 22.3 Å². The van der Waals surface area contributed by atoms with Crippen LogP contribution in [0, 0.1) is 24.1 Å². The van der Waals surface area contributed by atoms with Crippen molar-refractivity contribution >= 4 is 35.4 Å². The quantitative estimate of drug-likeness (QED) is 0.0230.